The molecule has 2 heterocycles. The lowest BCUT2D eigenvalue weighted by Gasteiger charge is -2.30. The molecule has 9 N–H and O–H groups in total. The smallest absolute Gasteiger partial charge is 0.326 e. The molecule has 38 heavy (non-hydrogen) atoms. The van der Waals surface area contributed by atoms with E-state index in [1.165, 1.54) is 4.90 Å². The molecule has 4 unspecified atom stereocenters. The van der Waals surface area contributed by atoms with Gasteiger partial charge in [0.2, 0.25) is 23.6 Å². The number of carboxylic acids is 2. The number of aromatic amines is 1. The normalized spacial score (nSPS) is 17.4. The van der Waals surface area contributed by atoms with Crippen LogP contribution in [0.15, 0.2) is 30.5 Å². The molecule has 1 aliphatic rings. The maximum atomic E-state index is 13.7. The summed E-state index contributed by atoms with van der Waals surface area (Å²) < 4.78 is 0. The van der Waals surface area contributed by atoms with Gasteiger partial charge in [0.05, 0.1) is 18.9 Å². The number of hydrogen-bond donors (Lipinski definition) is 7. The van der Waals surface area contributed by atoms with Crippen molar-refractivity contribution in [3.8, 4) is 0 Å². The molecule has 2 aromatic rings. The number of para-hydroxylation sites is 1. The Kier molecular flexibility index (Phi) is 9.02. The third-order valence-corrected chi connectivity index (χ3v) is 6.30. The van der Waals surface area contributed by atoms with Gasteiger partial charge in [0.1, 0.15) is 18.1 Å². The highest BCUT2D eigenvalue weighted by Gasteiger charge is 2.39. The molecule has 1 aliphatic heterocycles. The number of aromatic nitrogens is 1. The average molecular weight is 531 g/mol. The number of nitrogens with two attached hydrogens (primary N) is 2. The van der Waals surface area contributed by atoms with Gasteiger partial charge in [-0.1, -0.05) is 18.2 Å². The van der Waals surface area contributed by atoms with Crippen LogP contribution in [0.25, 0.3) is 10.9 Å². The number of likely N-dealkylation sites (tertiary alicyclic amines) is 1. The van der Waals surface area contributed by atoms with Crippen molar-refractivity contribution in [3.63, 3.8) is 0 Å². The average Bonchev–Trinajstić information content (AvgIpc) is 3.49. The number of carbonyl (C=O) groups excluding carboxylic acids is 4. The molecule has 1 fully saturated rings. The molecular formula is C24H30N6O8. The fourth-order valence-electron chi connectivity index (χ4n) is 4.45. The van der Waals surface area contributed by atoms with Crippen molar-refractivity contribution < 1.29 is 39.0 Å². The van der Waals surface area contributed by atoms with Crippen molar-refractivity contribution in [2.24, 2.45) is 11.5 Å². The Morgan fingerprint density at radius 3 is 2.42 bits per heavy atom. The third-order valence-electron chi connectivity index (χ3n) is 6.30. The van der Waals surface area contributed by atoms with E-state index in [4.69, 9.17) is 16.6 Å². The summed E-state index contributed by atoms with van der Waals surface area (Å²) in [6.45, 7) is 0.154. The third kappa shape index (κ3) is 6.85. The molecular weight excluding hydrogens is 500 g/mol. The quantitative estimate of drug-likeness (QED) is 0.167. The minimum Gasteiger partial charge on any atom is -0.481 e. The van der Waals surface area contributed by atoms with Crippen LogP contribution in [0, 0.1) is 0 Å². The SMILES string of the molecule is NC(=O)CC(N)C(=O)NC(Cc1c[nH]c2ccccc12)C(=O)N1CCCC1C(=O)NC(CC(=O)O)C(=O)O. The molecule has 0 radical (unpaired) electrons. The van der Waals surface area contributed by atoms with Crippen molar-refractivity contribution in [1.82, 2.24) is 20.5 Å². The lowest BCUT2D eigenvalue weighted by molar-refractivity contribution is -0.148. The molecule has 4 amide bonds. The number of rotatable bonds is 12. The first-order chi connectivity index (χ1) is 18.0. The van der Waals surface area contributed by atoms with Crippen molar-refractivity contribution in [2.75, 3.05) is 6.54 Å². The van der Waals surface area contributed by atoms with E-state index in [9.17, 15) is 33.9 Å². The summed E-state index contributed by atoms with van der Waals surface area (Å²) in [7, 11) is 0. The van der Waals surface area contributed by atoms with E-state index >= 15 is 0 Å². The maximum absolute atomic E-state index is 13.7. The van der Waals surface area contributed by atoms with Crippen LogP contribution >= 0.6 is 0 Å². The fourth-order valence-corrected chi connectivity index (χ4v) is 4.45. The van der Waals surface area contributed by atoms with Crippen molar-refractivity contribution in [2.45, 2.75) is 56.3 Å². The highest BCUT2D eigenvalue weighted by atomic mass is 16.4. The van der Waals surface area contributed by atoms with Crippen LogP contribution in [0.3, 0.4) is 0 Å². The first-order valence-electron chi connectivity index (χ1n) is 11.9. The van der Waals surface area contributed by atoms with Crippen molar-refractivity contribution in [1.29, 1.82) is 0 Å². The summed E-state index contributed by atoms with van der Waals surface area (Å²) in [6.07, 6.45) is 1.09. The number of carboxylic acid groups (broad SMARTS) is 2. The standard InChI is InChI=1S/C24H30N6O8/c25-14(9-19(26)31)21(34)28-16(8-12-11-27-15-5-2-1-4-13(12)15)23(36)30-7-3-6-18(30)22(35)29-17(24(37)38)10-20(32)33/h1-2,4-5,11,14,16-18,27H,3,6-10,25H2,(H2,26,31)(H,28,34)(H,29,35)(H,32,33)(H,37,38). The van der Waals surface area contributed by atoms with Crippen LogP contribution in [0.4, 0.5) is 0 Å². The van der Waals surface area contributed by atoms with Crippen LogP contribution in [-0.4, -0.2) is 86.4 Å². The number of primary amides is 1. The lowest BCUT2D eigenvalue weighted by Crippen LogP contribution is -2.57. The molecule has 14 nitrogen and oxygen atoms in total. The molecule has 1 aromatic carbocycles. The predicted molar refractivity (Wildman–Crippen MR) is 132 cm³/mol. The second-order valence-electron chi connectivity index (χ2n) is 9.09. The molecule has 0 aliphatic carbocycles. The maximum Gasteiger partial charge on any atom is 0.326 e. The Morgan fingerprint density at radius 1 is 1.05 bits per heavy atom. The molecule has 1 aromatic heterocycles. The number of aliphatic carboxylic acids is 2. The molecule has 0 saturated carbocycles. The second kappa shape index (κ2) is 12.2. The molecule has 0 spiro atoms. The van der Waals surface area contributed by atoms with Crippen LogP contribution in [0.2, 0.25) is 0 Å². The number of nitrogens with zero attached hydrogens (tertiary/aromatic N) is 1. The first kappa shape index (κ1) is 28.1. The molecule has 4 atom stereocenters. The zero-order chi connectivity index (χ0) is 28.0. The highest BCUT2D eigenvalue weighted by Crippen LogP contribution is 2.23. The monoisotopic (exact) mass is 530 g/mol. The van der Waals surface area contributed by atoms with E-state index in [2.05, 4.69) is 15.6 Å². The van der Waals surface area contributed by atoms with E-state index in [0.29, 0.717) is 12.0 Å². The van der Waals surface area contributed by atoms with Crippen LogP contribution in [0.5, 0.6) is 0 Å². The number of carbonyl (C=O) groups is 6. The first-order valence-corrected chi connectivity index (χ1v) is 11.9. The molecule has 1 saturated heterocycles. The minimum atomic E-state index is -1.67. The summed E-state index contributed by atoms with van der Waals surface area (Å²) in [4.78, 5) is 77.2. The summed E-state index contributed by atoms with van der Waals surface area (Å²) >= 11 is 0. The Labute approximate surface area is 216 Å². The van der Waals surface area contributed by atoms with E-state index in [0.717, 1.165) is 10.9 Å². The predicted octanol–water partition coefficient (Wildman–Crippen LogP) is -1.57. The van der Waals surface area contributed by atoms with Gasteiger partial charge in [-0.05, 0) is 24.5 Å². The Hall–Kier alpha value is -4.46. The Morgan fingerprint density at radius 2 is 1.76 bits per heavy atom. The highest BCUT2D eigenvalue weighted by molar-refractivity contribution is 5.96. The van der Waals surface area contributed by atoms with Gasteiger partial charge >= 0.3 is 11.9 Å². The summed E-state index contributed by atoms with van der Waals surface area (Å²) in [6, 6.07) is 2.11. The topological polar surface area (TPSA) is 238 Å². The van der Waals surface area contributed by atoms with E-state index < -0.39 is 72.6 Å². The lowest BCUT2D eigenvalue weighted by atomic mass is 10.0. The largest absolute Gasteiger partial charge is 0.481 e. The van der Waals surface area contributed by atoms with Gasteiger partial charge in [0.25, 0.3) is 0 Å². The summed E-state index contributed by atoms with van der Waals surface area (Å²) in [5.74, 6) is -5.94. The van der Waals surface area contributed by atoms with E-state index in [-0.39, 0.29) is 19.4 Å². The Balaban J connectivity index is 1.84. The molecule has 204 valence electrons. The zero-order valence-electron chi connectivity index (χ0n) is 20.4. The number of hydrogen-bond acceptors (Lipinski definition) is 7. The van der Waals surface area contributed by atoms with Crippen LogP contribution in [0.1, 0.15) is 31.2 Å². The fraction of sp³-hybridized carbons (Fsp3) is 0.417. The van der Waals surface area contributed by atoms with Crippen molar-refractivity contribution in [3.05, 3.63) is 36.0 Å². The molecule has 0 bridgehead atoms. The van der Waals surface area contributed by atoms with Gasteiger partial charge in [-0.25, -0.2) is 4.79 Å². The van der Waals surface area contributed by atoms with E-state index in [1.54, 1.807) is 6.20 Å². The number of benzene rings is 1. The zero-order valence-corrected chi connectivity index (χ0v) is 20.4. The van der Waals surface area contributed by atoms with Crippen LogP contribution in [-0.2, 0) is 35.2 Å². The molecule has 14 heteroatoms. The van der Waals surface area contributed by atoms with Gasteiger partial charge in [-0.3, -0.25) is 24.0 Å². The number of nitrogens with one attached hydrogen (secondary N) is 3. The van der Waals surface area contributed by atoms with E-state index in [1.807, 2.05) is 24.3 Å². The number of amides is 4. The van der Waals surface area contributed by atoms with Gasteiger partial charge < -0.3 is 42.2 Å². The van der Waals surface area contributed by atoms with Gasteiger partial charge in [-0.15, -0.1) is 0 Å². The van der Waals surface area contributed by atoms with Gasteiger partial charge in [0.15, 0.2) is 0 Å². The van der Waals surface area contributed by atoms with Crippen molar-refractivity contribution >= 4 is 46.5 Å². The second-order valence-corrected chi connectivity index (χ2v) is 9.09. The Bertz CT molecular complexity index is 1240. The summed E-state index contributed by atoms with van der Waals surface area (Å²) in [5, 5.41) is 23.8. The number of H-pyrrole nitrogens is 1. The number of fused-ring (bicyclic) bond motifs is 1. The van der Waals surface area contributed by atoms with Gasteiger partial charge in [-0.2, -0.15) is 0 Å². The molecule has 3 rings (SSSR count). The van der Waals surface area contributed by atoms with Gasteiger partial charge in [0, 0.05) is 30.1 Å². The summed E-state index contributed by atoms with van der Waals surface area (Å²) in [5.41, 5.74) is 12.4. The minimum absolute atomic E-state index is 0.0273. The van der Waals surface area contributed by atoms with Crippen LogP contribution < -0.4 is 22.1 Å².